The van der Waals surface area contributed by atoms with Crippen LogP contribution in [0.4, 0.5) is 0 Å². The molecule has 4 aromatic rings. The molecule has 0 aliphatic rings. The lowest BCUT2D eigenvalue weighted by Gasteiger charge is -2.11. The number of ether oxygens (including phenoxy) is 1. The van der Waals surface area contributed by atoms with Gasteiger partial charge in [0, 0.05) is 18.4 Å². The molecule has 0 bridgehead atoms. The number of aryl methyl sites for hydroxylation is 1. The fourth-order valence-electron chi connectivity index (χ4n) is 3.51. The van der Waals surface area contributed by atoms with E-state index in [4.69, 9.17) is 4.74 Å². The number of hydrogen-bond donors (Lipinski definition) is 0. The van der Waals surface area contributed by atoms with Crippen molar-refractivity contribution in [1.82, 2.24) is 14.1 Å². The summed E-state index contributed by atoms with van der Waals surface area (Å²) in [5.41, 5.74) is 4.66. The summed E-state index contributed by atoms with van der Waals surface area (Å²) in [6, 6.07) is 19.3. The third-order valence-corrected chi connectivity index (χ3v) is 4.87. The summed E-state index contributed by atoms with van der Waals surface area (Å²) < 4.78 is 9.10. The van der Waals surface area contributed by atoms with Gasteiger partial charge < -0.3 is 13.9 Å². The van der Waals surface area contributed by atoms with Gasteiger partial charge in [-0.1, -0.05) is 18.2 Å². The summed E-state index contributed by atoms with van der Waals surface area (Å²) >= 11 is 0. The number of nitriles is 1. The van der Waals surface area contributed by atoms with Crippen molar-refractivity contribution in [2.24, 2.45) is 0 Å². The molecule has 144 valence electrons. The van der Waals surface area contributed by atoms with Crippen molar-refractivity contribution < 1.29 is 9.53 Å². The molecular formula is C23H20N4O2. The van der Waals surface area contributed by atoms with Crippen molar-refractivity contribution >= 4 is 17.0 Å². The van der Waals surface area contributed by atoms with Crippen molar-refractivity contribution in [3.8, 4) is 11.8 Å². The second kappa shape index (κ2) is 7.64. The molecule has 4 rings (SSSR count). The Morgan fingerprint density at radius 1 is 1.14 bits per heavy atom. The standard InChI is InChI=1S/C23H20N4O2/c1-3-29-23(28)20-7-4-8-21-22(20)27(16(2)25-21)15-17-9-11-18(12-10-17)26-13-5-6-19(26)14-24/h4-13H,3,15H2,1-2H3. The van der Waals surface area contributed by atoms with Gasteiger partial charge in [-0.2, -0.15) is 5.26 Å². The van der Waals surface area contributed by atoms with Crippen LogP contribution < -0.4 is 0 Å². The number of imidazole rings is 1. The molecule has 0 fully saturated rings. The average Bonchev–Trinajstić information content (AvgIpc) is 3.33. The fraction of sp³-hybridized carbons (Fsp3) is 0.174. The fourth-order valence-corrected chi connectivity index (χ4v) is 3.51. The van der Waals surface area contributed by atoms with Crippen LogP contribution in [0.3, 0.4) is 0 Å². The molecular weight excluding hydrogens is 364 g/mol. The predicted octanol–water partition coefficient (Wildman–Crippen LogP) is 4.23. The minimum absolute atomic E-state index is 0.327. The van der Waals surface area contributed by atoms with E-state index in [0.29, 0.717) is 24.4 Å². The largest absolute Gasteiger partial charge is 0.462 e. The van der Waals surface area contributed by atoms with E-state index in [1.807, 2.05) is 64.7 Å². The lowest BCUT2D eigenvalue weighted by Crippen LogP contribution is -2.09. The highest BCUT2D eigenvalue weighted by Crippen LogP contribution is 2.23. The number of hydrogen-bond acceptors (Lipinski definition) is 4. The molecule has 0 aliphatic heterocycles. The monoisotopic (exact) mass is 384 g/mol. The van der Waals surface area contributed by atoms with Crippen LogP contribution in [0.2, 0.25) is 0 Å². The van der Waals surface area contributed by atoms with Gasteiger partial charge in [0.1, 0.15) is 17.6 Å². The maximum atomic E-state index is 12.4. The lowest BCUT2D eigenvalue weighted by molar-refractivity contribution is 0.0528. The topological polar surface area (TPSA) is 72.8 Å². The number of esters is 1. The quantitative estimate of drug-likeness (QED) is 0.483. The first kappa shape index (κ1) is 18.5. The van der Waals surface area contributed by atoms with Gasteiger partial charge in [-0.15, -0.1) is 0 Å². The van der Waals surface area contributed by atoms with E-state index in [0.717, 1.165) is 28.1 Å². The molecule has 0 saturated carbocycles. The Morgan fingerprint density at radius 3 is 2.66 bits per heavy atom. The second-order valence-corrected chi connectivity index (χ2v) is 6.68. The third-order valence-electron chi connectivity index (χ3n) is 4.87. The van der Waals surface area contributed by atoms with E-state index >= 15 is 0 Å². The molecule has 0 N–H and O–H groups in total. The Bertz CT molecular complexity index is 1230. The summed E-state index contributed by atoms with van der Waals surface area (Å²) in [4.78, 5) is 17.0. The first-order chi connectivity index (χ1) is 14.1. The summed E-state index contributed by atoms with van der Waals surface area (Å²) in [6.07, 6.45) is 1.87. The molecule has 6 nitrogen and oxygen atoms in total. The van der Waals surface area contributed by atoms with Gasteiger partial charge >= 0.3 is 5.97 Å². The maximum absolute atomic E-state index is 12.4. The van der Waals surface area contributed by atoms with Gasteiger partial charge in [-0.05, 0) is 55.8 Å². The van der Waals surface area contributed by atoms with Crippen molar-refractivity contribution in [3.63, 3.8) is 0 Å². The molecule has 2 aromatic carbocycles. The van der Waals surface area contributed by atoms with Crippen LogP contribution in [-0.2, 0) is 11.3 Å². The van der Waals surface area contributed by atoms with Crippen LogP contribution in [0.1, 0.15) is 34.4 Å². The molecule has 0 unspecified atom stereocenters. The van der Waals surface area contributed by atoms with E-state index in [2.05, 4.69) is 11.1 Å². The normalized spacial score (nSPS) is 10.8. The van der Waals surface area contributed by atoms with Gasteiger partial charge in [0.15, 0.2) is 0 Å². The summed E-state index contributed by atoms with van der Waals surface area (Å²) in [7, 11) is 0. The van der Waals surface area contributed by atoms with Crippen LogP contribution in [0.15, 0.2) is 60.8 Å². The van der Waals surface area contributed by atoms with Gasteiger partial charge in [-0.25, -0.2) is 9.78 Å². The average molecular weight is 384 g/mol. The van der Waals surface area contributed by atoms with Crippen LogP contribution in [0, 0.1) is 18.3 Å². The number of aromatic nitrogens is 3. The SMILES string of the molecule is CCOC(=O)c1cccc2nc(C)n(Cc3ccc(-n4cccc4C#N)cc3)c12. The Kier molecular flexibility index (Phi) is 4.88. The zero-order valence-corrected chi connectivity index (χ0v) is 16.3. The molecule has 0 radical (unpaired) electrons. The summed E-state index contributed by atoms with van der Waals surface area (Å²) in [6.45, 7) is 4.64. The number of carbonyl (C=O) groups is 1. The lowest BCUT2D eigenvalue weighted by atomic mass is 10.1. The molecule has 0 aliphatic carbocycles. The van der Waals surface area contributed by atoms with E-state index in [1.165, 1.54) is 0 Å². The number of nitrogens with zero attached hydrogens (tertiary/aromatic N) is 4. The zero-order valence-electron chi connectivity index (χ0n) is 16.3. The van der Waals surface area contributed by atoms with E-state index in [1.54, 1.807) is 19.1 Å². The molecule has 29 heavy (non-hydrogen) atoms. The Balaban J connectivity index is 1.70. The third kappa shape index (κ3) is 3.39. The van der Waals surface area contributed by atoms with E-state index in [-0.39, 0.29) is 5.97 Å². The van der Waals surface area contributed by atoms with Crippen molar-refractivity contribution in [2.75, 3.05) is 6.61 Å². The van der Waals surface area contributed by atoms with E-state index in [9.17, 15) is 10.1 Å². The predicted molar refractivity (Wildman–Crippen MR) is 110 cm³/mol. The minimum Gasteiger partial charge on any atom is -0.462 e. The van der Waals surface area contributed by atoms with Crippen LogP contribution >= 0.6 is 0 Å². The Labute approximate surface area is 168 Å². The number of benzene rings is 2. The highest BCUT2D eigenvalue weighted by molar-refractivity contribution is 6.02. The number of rotatable bonds is 5. The minimum atomic E-state index is -0.341. The molecule has 0 atom stereocenters. The Morgan fingerprint density at radius 2 is 1.93 bits per heavy atom. The van der Waals surface area contributed by atoms with Crippen LogP contribution in [0.25, 0.3) is 16.7 Å². The van der Waals surface area contributed by atoms with Crippen molar-refractivity contribution in [3.05, 3.63) is 83.4 Å². The van der Waals surface area contributed by atoms with Crippen molar-refractivity contribution in [2.45, 2.75) is 20.4 Å². The molecule has 0 spiro atoms. The molecule has 2 aromatic heterocycles. The van der Waals surface area contributed by atoms with Crippen LogP contribution in [-0.4, -0.2) is 26.7 Å². The van der Waals surface area contributed by atoms with Gasteiger partial charge in [-0.3, -0.25) is 0 Å². The van der Waals surface area contributed by atoms with Gasteiger partial charge in [0.05, 0.1) is 23.2 Å². The van der Waals surface area contributed by atoms with E-state index < -0.39 is 0 Å². The smallest absolute Gasteiger partial charge is 0.340 e. The number of carbonyl (C=O) groups excluding carboxylic acids is 1. The van der Waals surface area contributed by atoms with Crippen molar-refractivity contribution in [1.29, 1.82) is 5.26 Å². The number of para-hydroxylation sites is 1. The maximum Gasteiger partial charge on any atom is 0.340 e. The van der Waals surface area contributed by atoms with Crippen LogP contribution in [0.5, 0.6) is 0 Å². The first-order valence-corrected chi connectivity index (χ1v) is 9.42. The summed E-state index contributed by atoms with van der Waals surface area (Å²) in [5, 5.41) is 9.22. The molecule has 2 heterocycles. The number of fused-ring (bicyclic) bond motifs is 1. The highest BCUT2D eigenvalue weighted by atomic mass is 16.5. The second-order valence-electron chi connectivity index (χ2n) is 6.68. The molecule has 0 amide bonds. The molecule has 6 heteroatoms. The van der Waals surface area contributed by atoms with Gasteiger partial charge in [0.25, 0.3) is 0 Å². The molecule has 0 saturated heterocycles. The first-order valence-electron chi connectivity index (χ1n) is 9.42. The van der Waals surface area contributed by atoms with Gasteiger partial charge in [0.2, 0.25) is 0 Å². The zero-order chi connectivity index (χ0) is 20.4. The Hall–Kier alpha value is -3.85. The highest BCUT2D eigenvalue weighted by Gasteiger charge is 2.17. The summed E-state index contributed by atoms with van der Waals surface area (Å²) in [5.74, 6) is 0.490.